The molecule has 0 aliphatic carbocycles. The van der Waals surface area contributed by atoms with E-state index < -0.39 is 0 Å². The van der Waals surface area contributed by atoms with Crippen molar-refractivity contribution in [1.29, 1.82) is 0 Å². The molecule has 0 radical (unpaired) electrons. The van der Waals surface area contributed by atoms with Gasteiger partial charge in [0.15, 0.2) is 0 Å². The number of rotatable bonds is 10. The van der Waals surface area contributed by atoms with Crippen LogP contribution in [0.15, 0.2) is 60.7 Å². The lowest BCUT2D eigenvalue weighted by Crippen LogP contribution is -1.98. The molecule has 0 aliphatic rings. The van der Waals surface area contributed by atoms with Gasteiger partial charge in [0.1, 0.15) is 0 Å². The van der Waals surface area contributed by atoms with Crippen molar-refractivity contribution in [3.8, 4) is 11.1 Å². The monoisotopic (exact) mass is 398 g/mol. The SMILES string of the molecule is CCCCCCc1ccc(CCc2cccc(-c3cccc(CC)c3C)c2C)cc1. The van der Waals surface area contributed by atoms with Gasteiger partial charge in [0.05, 0.1) is 0 Å². The predicted octanol–water partition coefficient (Wildman–Crippen LogP) is 8.44. The van der Waals surface area contributed by atoms with Crippen molar-refractivity contribution in [1.82, 2.24) is 0 Å². The molecule has 0 saturated carbocycles. The van der Waals surface area contributed by atoms with Gasteiger partial charge in [-0.05, 0) is 90.5 Å². The highest BCUT2D eigenvalue weighted by molar-refractivity contribution is 5.72. The summed E-state index contributed by atoms with van der Waals surface area (Å²) in [4.78, 5) is 0. The molecule has 0 N–H and O–H groups in total. The number of hydrogen-bond acceptors (Lipinski definition) is 0. The Morgan fingerprint density at radius 1 is 0.533 bits per heavy atom. The maximum absolute atomic E-state index is 2.34. The van der Waals surface area contributed by atoms with Gasteiger partial charge in [-0.3, -0.25) is 0 Å². The van der Waals surface area contributed by atoms with Crippen LogP contribution >= 0.6 is 0 Å². The third kappa shape index (κ3) is 5.63. The molecule has 0 aliphatic heterocycles. The fourth-order valence-corrected chi connectivity index (χ4v) is 4.51. The van der Waals surface area contributed by atoms with Crippen molar-refractivity contribution in [2.75, 3.05) is 0 Å². The third-order valence-electron chi connectivity index (χ3n) is 6.59. The number of hydrogen-bond donors (Lipinski definition) is 0. The summed E-state index contributed by atoms with van der Waals surface area (Å²) in [5, 5.41) is 0. The smallest absolute Gasteiger partial charge is 0.0149 e. The summed E-state index contributed by atoms with van der Waals surface area (Å²) >= 11 is 0. The molecule has 30 heavy (non-hydrogen) atoms. The van der Waals surface area contributed by atoms with Crippen LogP contribution in [0.1, 0.15) is 72.9 Å². The zero-order valence-corrected chi connectivity index (χ0v) is 19.4. The Bertz CT molecular complexity index is 931. The third-order valence-corrected chi connectivity index (χ3v) is 6.59. The van der Waals surface area contributed by atoms with Crippen molar-refractivity contribution in [2.24, 2.45) is 0 Å². The predicted molar refractivity (Wildman–Crippen MR) is 132 cm³/mol. The van der Waals surface area contributed by atoms with Gasteiger partial charge in [-0.25, -0.2) is 0 Å². The minimum atomic E-state index is 1.09. The van der Waals surface area contributed by atoms with E-state index in [1.165, 1.54) is 76.6 Å². The molecule has 3 rings (SSSR count). The van der Waals surface area contributed by atoms with Gasteiger partial charge in [0.2, 0.25) is 0 Å². The number of unbranched alkanes of at least 4 members (excludes halogenated alkanes) is 3. The Morgan fingerprint density at radius 2 is 1.10 bits per heavy atom. The van der Waals surface area contributed by atoms with Crippen LogP contribution in [-0.4, -0.2) is 0 Å². The molecule has 0 atom stereocenters. The molecule has 0 nitrogen and oxygen atoms in total. The molecule has 0 bridgehead atoms. The lowest BCUT2D eigenvalue weighted by atomic mass is 9.89. The van der Waals surface area contributed by atoms with E-state index in [-0.39, 0.29) is 0 Å². The van der Waals surface area contributed by atoms with Gasteiger partial charge in [0, 0.05) is 0 Å². The van der Waals surface area contributed by atoms with E-state index in [4.69, 9.17) is 0 Å². The fourth-order valence-electron chi connectivity index (χ4n) is 4.51. The van der Waals surface area contributed by atoms with E-state index in [9.17, 15) is 0 Å². The van der Waals surface area contributed by atoms with Crippen molar-refractivity contribution >= 4 is 0 Å². The molecule has 0 amide bonds. The Kier molecular flexibility index (Phi) is 8.31. The summed E-state index contributed by atoms with van der Waals surface area (Å²) in [6.07, 6.45) is 9.86. The van der Waals surface area contributed by atoms with Crippen LogP contribution in [0.4, 0.5) is 0 Å². The summed E-state index contributed by atoms with van der Waals surface area (Å²) < 4.78 is 0. The quantitative estimate of drug-likeness (QED) is 0.300. The molecule has 0 saturated heterocycles. The minimum Gasteiger partial charge on any atom is -0.0654 e. The van der Waals surface area contributed by atoms with Crippen LogP contribution in [0.3, 0.4) is 0 Å². The van der Waals surface area contributed by atoms with Crippen molar-refractivity contribution in [3.05, 3.63) is 94.0 Å². The largest absolute Gasteiger partial charge is 0.0654 e. The first-order valence-corrected chi connectivity index (χ1v) is 11.9. The van der Waals surface area contributed by atoms with E-state index in [0.29, 0.717) is 0 Å². The van der Waals surface area contributed by atoms with Crippen molar-refractivity contribution < 1.29 is 0 Å². The standard InChI is InChI=1S/C30H38/c1-5-7-8-9-12-25-17-19-26(20-18-25)21-22-28-14-11-16-30(24(28)4)29-15-10-13-27(6-2)23(29)3/h10-11,13-20H,5-9,12,21-22H2,1-4H3. The number of benzene rings is 3. The van der Waals surface area contributed by atoms with Gasteiger partial charge in [0.25, 0.3) is 0 Å². The lowest BCUT2D eigenvalue weighted by molar-refractivity contribution is 0.667. The molecule has 0 spiro atoms. The summed E-state index contributed by atoms with van der Waals surface area (Å²) in [6, 6.07) is 22.9. The summed E-state index contributed by atoms with van der Waals surface area (Å²) in [7, 11) is 0. The van der Waals surface area contributed by atoms with Crippen LogP contribution in [-0.2, 0) is 25.7 Å². The van der Waals surface area contributed by atoms with E-state index in [2.05, 4.69) is 88.4 Å². The number of aryl methyl sites for hydroxylation is 4. The molecule has 0 unspecified atom stereocenters. The first-order valence-electron chi connectivity index (χ1n) is 11.9. The highest BCUT2D eigenvalue weighted by Crippen LogP contribution is 2.30. The van der Waals surface area contributed by atoms with Crippen LogP contribution in [0.25, 0.3) is 11.1 Å². The summed E-state index contributed by atoms with van der Waals surface area (Å²) in [5.74, 6) is 0. The van der Waals surface area contributed by atoms with Crippen LogP contribution in [0.5, 0.6) is 0 Å². The van der Waals surface area contributed by atoms with Gasteiger partial charge in [-0.1, -0.05) is 93.8 Å². The Hall–Kier alpha value is -2.34. The Labute approximate surface area is 184 Å². The van der Waals surface area contributed by atoms with Crippen molar-refractivity contribution in [3.63, 3.8) is 0 Å². The average Bonchev–Trinajstić information content (AvgIpc) is 2.77. The molecular formula is C30H38. The van der Waals surface area contributed by atoms with E-state index in [1.807, 2.05) is 0 Å². The average molecular weight is 399 g/mol. The molecular weight excluding hydrogens is 360 g/mol. The van der Waals surface area contributed by atoms with Crippen molar-refractivity contribution in [2.45, 2.75) is 79.1 Å². The van der Waals surface area contributed by atoms with E-state index >= 15 is 0 Å². The summed E-state index contributed by atoms with van der Waals surface area (Å²) in [5.41, 5.74) is 11.5. The van der Waals surface area contributed by atoms with Crippen LogP contribution < -0.4 is 0 Å². The zero-order valence-electron chi connectivity index (χ0n) is 19.4. The topological polar surface area (TPSA) is 0 Å². The first-order chi connectivity index (χ1) is 14.6. The maximum atomic E-state index is 2.34. The van der Waals surface area contributed by atoms with Gasteiger partial charge < -0.3 is 0 Å². The zero-order chi connectivity index (χ0) is 21.3. The second-order valence-corrected chi connectivity index (χ2v) is 8.66. The first kappa shape index (κ1) is 22.3. The van der Waals surface area contributed by atoms with Gasteiger partial charge >= 0.3 is 0 Å². The van der Waals surface area contributed by atoms with Gasteiger partial charge in [-0.2, -0.15) is 0 Å². The Morgan fingerprint density at radius 3 is 1.70 bits per heavy atom. The lowest BCUT2D eigenvalue weighted by Gasteiger charge is -2.15. The second-order valence-electron chi connectivity index (χ2n) is 8.66. The van der Waals surface area contributed by atoms with Gasteiger partial charge in [-0.15, -0.1) is 0 Å². The molecule has 0 fully saturated rings. The summed E-state index contributed by atoms with van der Waals surface area (Å²) in [6.45, 7) is 9.08. The normalized spacial score (nSPS) is 11.1. The molecule has 3 aromatic carbocycles. The highest BCUT2D eigenvalue weighted by atomic mass is 14.1. The molecule has 0 heteroatoms. The maximum Gasteiger partial charge on any atom is -0.0149 e. The molecule has 3 aromatic rings. The second kappa shape index (κ2) is 11.2. The Balaban J connectivity index is 1.68. The molecule has 158 valence electrons. The van der Waals surface area contributed by atoms with Crippen LogP contribution in [0, 0.1) is 13.8 Å². The highest BCUT2D eigenvalue weighted by Gasteiger charge is 2.10. The fraction of sp³-hybridized carbons (Fsp3) is 0.400. The molecule has 0 aromatic heterocycles. The van der Waals surface area contributed by atoms with E-state index in [0.717, 1.165) is 19.3 Å². The van der Waals surface area contributed by atoms with E-state index in [1.54, 1.807) is 0 Å². The molecule has 0 heterocycles. The van der Waals surface area contributed by atoms with Crippen LogP contribution in [0.2, 0.25) is 0 Å². The minimum absolute atomic E-state index is 1.09.